The molecule has 4 heteroatoms. The molecule has 2 atom stereocenters. The molecule has 0 aromatic carbocycles. The number of likely N-dealkylation sites (tertiary alicyclic amines) is 1. The molecule has 0 aromatic rings. The largest absolute Gasteiger partial charge is 0.378 e. The van der Waals surface area contributed by atoms with Gasteiger partial charge in [-0.25, -0.2) is 0 Å². The van der Waals surface area contributed by atoms with Gasteiger partial charge in [0.15, 0.2) is 0 Å². The minimum Gasteiger partial charge on any atom is -0.378 e. The fraction of sp³-hybridized carbons (Fsp3) is 0.889. The average Bonchev–Trinajstić information content (AvgIpc) is 2.42. The average molecular weight is 186 g/mol. The molecule has 1 saturated heterocycles. The van der Waals surface area contributed by atoms with Crippen molar-refractivity contribution in [2.45, 2.75) is 26.0 Å². The number of nitrogens with one attached hydrogen (secondary N) is 1. The van der Waals surface area contributed by atoms with Crippen molar-refractivity contribution in [3.05, 3.63) is 0 Å². The molecule has 0 saturated carbocycles. The Labute approximate surface area is 78.9 Å². The first kappa shape index (κ1) is 10.5. The number of rotatable bonds is 3. The van der Waals surface area contributed by atoms with Crippen molar-refractivity contribution in [2.75, 3.05) is 20.1 Å². The van der Waals surface area contributed by atoms with E-state index in [2.05, 4.69) is 5.32 Å². The van der Waals surface area contributed by atoms with Gasteiger partial charge in [-0.2, -0.15) is 0 Å². The van der Waals surface area contributed by atoms with Gasteiger partial charge in [-0.15, -0.1) is 0 Å². The number of hydrogen-bond donors (Lipinski definition) is 2. The Bertz CT molecular complexity index is 174. The Balaban J connectivity index is 2.20. The van der Waals surface area contributed by atoms with E-state index >= 15 is 0 Å². The van der Waals surface area contributed by atoms with Crippen LogP contribution in [-0.4, -0.2) is 42.3 Å². The van der Waals surface area contributed by atoms with Crippen LogP contribution in [0.3, 0.4) is 0 Å². The lowest BCUT2D eigenvalue weighted by atomic mass is 10.1. The van der Waals surface area contributed by atoms with Gasteiger partial charge in [0.1, 0.15) is 6.23 Å². The highest BCUT2D eigenvalue weighted by molar-refractivity contribution is 5.75. The molecule has 1 fully saturated rings. The van der Waals surface area contributed by atoms with Crippen molar-refractivity contribution in [3.63, 3.8) is 0 Å². The predicted molar refractivity (Wildman–Crippen MR) is 50.0 cm³/mol. The van der Waals surface area contributed by atoms with Gasteiger partial charge >= 0.3 is 0 Å². The third-order valence-electron chi connectivity index (χ3n) is 2.51. The summed E-state index contributed by atoms with van der Waals surface area (Å²) in [7, 11) is 1.90. The number of aliphatic hydroxyl groups is 1. The van der Waals surface area contributed by atoms with Crippen LogP contribution in [0.25, 0.3) is 0 Å². The fourth-order valence-electron chi connectivity index (χ4n) is 1.61. The van der Waals surface area contributed by atoms with Gasteiger partial charge < -0.3 is 10.4 Å². The van der Waals surface area contributed by atoms with Crippen molar-refractivity contribution in [1.29, 1.82) is 0 Å². The van der Waals surface area contributed by atoms with E-state index in [4.69, 9.17) is 0 Å². The van der Waals surface area contributed by atoms with Gasteiger partial charge in [0.05, 0.1) is 0 Å². The summed E-state index contributed by atoms with van der Waals surface area (Å²) in [6, 6.07) is 0. The zero-order valence-corrected chi connectivity index (χ0v) is 8.29. The maximum Gasteiger partial charge on any atom is 0.219 e. The summed E-state index contributed by atoms with van der Waals surface area (Å²) in [5, 5.41) is 12.2. The molecule has 0 aromatic heterocycles. The number of amides is 1. The van der Waals surface area contributed by atoms with Crippen molar-refractivity contribution in [3.8, 4) is 0 Å². The summed E-state index contributed by atoms with van der Waals surface area (Å²) in [5.41, 5.74) is 0. The quantitative estimate of drug-likeness (QED) is 0.641. The van der Waals surface area contributed by atoms with Gasteiger partial charge in [-0.1, -0.05) is 6.92 Å². The summed E-state index contributed by atoms with van der Waals surface area (Å²) in [5.74, 6) is 0.486. The van der Waals surface area contributed by atoms with Crippen LogP contribution in [-0.2, 0) is 4.79 Å². The summed E-state index contributed by atoms with van der Waals surface area (Å²) >= 11 is 0. The SMILES string of the molecule is CCC(=O)NCC1CC(O)N(C)C1. The number of aliphatic hydroxyl groups excluding tert-OH is 1. The van der Waals surface area contributed by atoms with Crippen molar-refractivity contribution < 1.29 is 9.90 Å². The topological polar surface area (TPSA) is 52.6 Å². The van der Waals surface area contributed by atoms with E-state index in [1.807, 2.05) is 18.9 Å². The van der Waals surface area contributed by atoms with E-state index in [0.717, 1.165) is 13.0 Å². The van der Waals surface area contributed by atoms with Crippen molar-refractivity contribution >= 4 is 5.91 Å². The highest BCUT2D eigenvalue weighted by Crippen LogP contribution is 2.18. The monoisotopic (exact) mass is 186 g/mol. The van der Waals surface area contributed by atoms with E-state index in [9.17, 15) is 9.90 Å². The molecule has 4 nitrogen and oxygen atoms in total. The molecule has 0 spiro atoms. The second-order valence-electron chi connectivity index (χ2n) is 3.68. The Hall–Kier alpha value is -0.610. The second-order valence-corrected chi connectivity index (χ2v) is 3.68. The Morgan fingerprint density at radius 3 is 2.85 bits per heavy atom. The van der Waals surface area contributed by atoms with Gasteiger partial charge in [-0.3, -0.25) is 9.69 Å². The molecule has 2 N–H and O–H groups in total. The molecule has 1 rings (SSSR count). The molecule has 13 heavy (non-hydrogen) atoms. The predicted octanol–water partition coefficient (Wildman–Crippen LogP) is -0.217. The molecule has 1 aliphatic heterocycles. The zero-order chi connectivity index (χ0) is 9.84. The lowest BCUT2D eigenvalue weighted by Gasteiger charge is -2.11. The zero-order valence-electron chi connectivity index (χ0n) is 8.29. The van der Waals surface area contributed by atoms with Gasteiger partial charge in [-0.05, 0) is 19.4 Å². The van der Waals surface area contributed by atoms with Crippen LogP contribution in [0.1, 0.15) is 19.8 Å². The number of carbonyl (C=O) groups excluding carboxylic acids is 1. The number of carbonyl (C=O) groups is 1. The van der Waals surface area contributed by atoms with E-state index in [0.29, 0.717) is 18.9 Å². The summed E-state index contributed by atoms with van der Waals surface area (Å²) in [6.45, 7) is 3.39. The summed E-state index contributed by atoms with van der Waals surface area (Å²) in [6.07, 6.45) is 0.967. The highest BCUT2D eigenvalue weighted by atomic mass is 16.3. The molecule has 1 aliphatic rings. The molecule has 0 bridgehead atoms. The molecule has 1 heterocycles. The van der Waals surface area contributed by atoms with E-state index in [1.165, 1.54) is 0 Å². The highest BCUT2D eigenvalue weighted by Gasteiger charge is 2.27. The Morgan fingerprint density at radius 2 is 2.38 bits per heavy atom. The van der Waals surface area contributed by atoms with Gasteiger partial charge in [0, 0.05) is 19.5 Å². The van der Waals surface area contributed by atoms with Crippen LogP contribution in [0.4, 0.5) is 0 Å². The van der Waals surface area contributed by atoms with Crippen LogP contribution in [0.15, 0.2) is 0 Å². The maximum atomic E-state index is 10.9. The van der Waals surface area contributed by atoms with Crippen LogP contribution in [0.2, 0.25) is 0 Å². The first-order valence-corrected chi connectivity index (χ1v) is 4.78. The number of nitrogens with zero attached hydrogens (tertiary/aromatic N) is 1. The molecule has 2 unspecified atom stereocenters. The summed E-state index contributed by atoms with van der Waals surface area (Å²) < 4.78 is 0. The summed E-state index contributed by atoms with van der Waals surface area (Å²) in [4.78, 5) is 12.8. The molecule has 1 amide bonds. The smallest absolute Gasteiger partial charge is 0.219 e. The van der Waals surface area contributed by atoms with Gasteiger partial charge in [0.2, 0.25) is 5.91 Å². The molecule has 76 valence electrons. The molecular formula is C9H18N2O2. The fourth-order valence-corrected chi connectivity index (χ4v) is 1.61. The minimum absolute atomic E-state index is 0.0871. The van der Waals surface area contributed by atoms with E-state index in [-0.39, 0.29) is 12.1 Å². The minimum atomic E-state index is -0.330. The third-order valence-corrected chi connectivity index (χ3v) is 2.51. The third kappa shape index (κ3) is 2.97. The van der Waals surface area contributed by atoms with Crippen LogP contribution >= 0.6 is 0 Å². The normalized spacial score (nSPS) is 29.2. The Morgan fingerprint density at radius 1 is 1.69 bits per heavy atom. The van der Waals surface area contributed by atoms with E-state index in [1.54, 1.807) is 0 Å². The van der Waals surface area contributed by atoms with E-state index < -0.39 is 0 Å². The lowest BCUT2D eigenvalue weighted by molar-refractivity contribution is -0.120. The second kappa shape index (κ2) is 4.58. The van der Waals surface area contributed by atoms with Crippen LogP contribution in [0, 0.1) is 5.92 Å². The lowest BCUT2D eigenvalue weighted by Crippen LogP contribution is -2.29. The van der Waals surface area contributed by atoms with Crippen molar-refractivity contribution in [2.24, 2.45) is 5.92 Å². The standard InChI is InChI=1S/C9H18N2O2/c1-3-8(12)10-5-7-4-9(13)11(2)6-7/h7,9,13H,3-6H2,1-2H3,(H,10,12). The maximum absolute atomic E-state index is 10.9. The molecule has 0 radical (unpaired) electrons. The van der Waals surface area contributed by atoms with Crippen LogP contribution in [0.5, 0.6) is 0 Å². The Kier molecular flexibility index (Phi) is 3.69. The molecule has 0 aliphatic carbocycles. The first-order chi connectivity index (χ1) is 6.13. The number of hydrogen-bond acceptors (Lipinski definition) is 3. The molecular weight excluding hydrogens is 168 g/mol. The van der Waals surface area contributed by atoms with Crippen LogP contribution < -0.4 is 5.32 Å². The van der Waals surface area contributed by atoms with Crippen molar-refractivity contribution in [1.82, 2.24) is 10.2 Å². The first-order valence-electron chi connectivity index (χ1n) is 4.78. The van der Waals surface area contributed by atoms with Gasteiger partial charge in [0.25, 0.3) is 0 Å².